The fraction of sp³-hybridized carbons (Fsp3) is 0.700. The molecule has 2 rings (SSSR count). The Labute approximate surface area is 166 Å². The Hall–Kier alpha value is -1.76. The van der Waals surface area contributed by atoms with Crippen LogP contribution >= 0.6 is 11.3 Å². The smallest absolute Gasteiger partial charge is 0.410 e. The Kier molecular flexibility index (Phi) is 6.78. The fourth-order valence-corrected chi connectivity index (χ4v) is 4.92. The Morgan fingerprint density at radius 2 is 1.78 bits per heavy atom. The van der Waals surface area contributed by atoms with Crippen molar-refractivity contribution in [3.8, 4) is 0 Å². The predicted octanol–water partition coefficient (Wildman–Crippen LogP) is 4.76. The molecule has 0 saturated heterocycles. The summed E-state index contributed by atoms with van der Waals surface area (Å²) in [7, 11) is 1.82. The lowest BCUT2D eigenvalue weighted by Gasteiger charge is -2.40. The lowest BCUT2D eigenvalue weighted by atomic mass is 9.89. The van der Waals surface area contributed by atoms with Crippen LogP contribution < -0.4 is 4.90 Å². The molecule has 1 fully saturated rings. The molecule has 1 heterocycles. The van der Waals surface area contributed by atoms with Crippen LogP contribution in [0.25, 0.3) is 0 Å². The van der Waals surface area contributed by atoms with Crippen LogP contribution in [0.5, 0.6) is 0 Å². The van der Waals surface area contributed by atoms with E-state index in [1.54, 1.807) is 10.3 Å². The number of hydrogen-bond acceptors (Lipinski definition) is 5. The third-order valence-electron chi connectivity index (χ3n) is 5.18. The lowest BCUT2D eigenvalue weighted by Crippen LogP contribution is -2.46. The quantitative estimate of drug-likeness (QED) is 0.777. The van der Waals surface area contributed by atoms with Gasteiger partial charge in [-0.2, -0.15) is 0 Å². The zero-order chi connectivity index (χ0) is 20.4. The van der Waals surface area contributed by atoms with Crippen LogP contribution in [0.3, 0.4) is 0 Å². The average molecular weight is 397 g/mol. The van der Waals surface area contributed by atoms with Crippen molar-refractivity contribution in [1.82, 2.24) is 4.90 Å². The number of nitrogens with zero attached hydrogens (tertiary/aromatic N) is 2. The zero-order valence-corrected chi connectivity index (χ0v) is 18.1. The van der Waals surface area contributed by atoms with E-state index in [2.05, 4.69) is 11.8 Å². The Morgan fingerprint density at radius 1 is 1.22 bits per heavy atom. The van der Waals surface area contributed by atoms with Gasteiger partial charge >= 0.3 is 12.1 Å². The minimum absolute atomic E-state index is 0.189. The molecule has 0 aromatic carbocycles. The number of thiophene rings is 1. The van der Waals surface area contributed by atoms with Gasteiger partial charge in [-0.25, -0.2) is 9.59 Å². The van der Waals surface area contributed by atoms with Gasteiger partial charge in [0.2, 0.25) is 0 Å². The Bertz CT molecular complexity index is 672. The second kappa shape index (κ2) is 8.50. The van der Waals surface area contributed by atoms with Crippen molar-refractivity contribution in [1.29, 1.82) is 0 Å². The summed E-state index contributed by atoms with van der Waals surface area (Å²) in [5.74, 6) is -0.867. The average Bonchev–Trinajstić information content (AvgIpc) is 2.96. The first-order valence-electron chi connectivity index (χ1n) is 9.59. The lowest BCUT2D eigenvalue weighted by molar-refractivity contribution is 0.0183. The van der Waals surface area contributed by atoms with Gasteiger partial charge in [0.1, 0.15) is 5.60 Å². The molecule has 1 aromatic heterocycles. The molecule has 0 atom stereocenters. The van der Waals surface area contributed by atoms with Crippen LogP contribution in [0, 0.1) is 6.92 Å². The molecule has 0 unspecified atom stereocenters. The fourth-order valence-electron chi connectivity index (χ4n) is 3.71. The molecule has 0 bridgehead atoms. The molecule has 1 amide bonds. The first-order valence-corrected chi connectivity index (χ1v) is 10.5. The highest BCUT2D eigenvalue weighted by atomic mass is 32.1. The maximum atomic E-state index is 12.3. The zero-order valence-electron chi connectivity index (χ0n) is 17.2. The first-order chi connectivity index (χ1) is 12.5. The molecule has 0 radical (unpaired) electrons. The summed E-state index contributed by atoms with van der Waals surface area (Å²) < 4.78 is 5.48. The maximum Gasteiger partial charge on any atom is 0.410 e. The topological polar surface area (TPSA) is 70.1 Å². The van der Waals surface area contributed by atoms with E-state index in [1.807, 2.05) is 34.7 Å². The van der Waals surface area contributed by atoms with Gasteiger partial charge in [0.15, 0.2) is 0 Å². The third-order valence-corrected chi connectivity index (χ3v) is 6.30. The molecule has 152 valence electrons. The van der Waals surface area contributed by atoms with E-state index in [0.717, 1.165) is 42.8 Å². The summed E-state index contributed by atoms with van der Waals surface area (Å²) in [6.45, 7) is 10.5. The van der Waals surface area contributed by atoms with Crippen LogP contribution in [0.1, 0.15) is 69.3 Å². The number of rotatable bonds is 5. The highest BCUT2D eigenvalue weighted by molar-refractivity contribution is 7.14. The molecule has 1 saturated carbocycles. The van der Waals surface area contributed by atoms with E-state index in [9.17, 15) is 14.7 Å². The van der Waals surface area contributed by atoms with Crippen LogP contribution in [-0.4, -0.2) is 53.3 Å². The summed E-state index contributed by atoms with van der Waals surface area (Å²) in [6.07, 6.45) is 3.54. The highest BCUT2D eigenvalue weighted by Gasteiger charge is 2.32. The van der Waals surface area contributed by atoms with E-state index < -0.39 is 11.6 Å². The monoisotopic (exact) mass is 396 g/mol. The molecule has 1 aliphatic rings. The summed E-state index contributed by atoms with van der Waals surface area (Å²) in [5, 5.41) is 12.1. The molecule has 1 aromatic rings. The van der Waals surface area contributed by atoms with Crippen molar-refractivity contribution in [2.45, 2.75) is 78.0 Å². The van der Waals surface area contributed by atoms with Crippen LogP contribution in [0.4, 0.5) is 9.80 Å². The van der Waals surface area contributed by atoms with Gasteiger partial charge in [-0.05, 0) is 65.9 Å². The van der Waals surface area contributed by atoms with Gasteiger partial charge in [0.25, 0.3) is 0 Å². The number of carbonyl (C=O) groups is 2. The minimum Gasteiger partial charge on any atom is -0.478 e. The number of carboxylic acids is 1. The first kappa shape index (κ1) is 21.5. The number of anilines is 1. The summed E-state index contributed by atoms with van der Waals surface area (Å²) in [4.78, 5) is 27.7. The predicted molar refractivity (Wildman–Crippen MR) is 109 cm³/mol. The molecule has 7 heteroatoms. The SMILES string of the molecule is CCN(c1scc(C(=O)O)c1C)C1CCC(N(C)C(=O)OC(C)(C)C)CC1. The number of amides is 1. The summed E-state index contributed by atoms with van der Waals surface area (Å²) >= 11 is 1.51. The normalized spacial score (nSPS) is 20.2. The van der Waals surface area contributed by atoms with Crippen molar-refractivity contribution in [3.63, 3.8) is 0 Å². The van der Waals surface area contributed by atoms with Gasteiger partial charge in [0.05, 0.1) is 10.6 Å². The number of carbonyl (C=O) groups excluding carboxylic acids is 1. The van der Waals surface area contributed by atoms with Crippen molar-refractivity contribution >= 4 is 28.4 Å². The molecule has 0 aliphatic heterocycles. The van der Waals surface area contributed by atoms with Gasteiger partial charge in [0, 0.05) is 31.1 Å². The van der Waals surface area contributed by atoms with Crippen LogP contribution in [0.15, 0.2) is 5.38 Å². The van der Waals surface area contributed by atoms with E-state index in [4.69, 9.17) is 4.74 Å². The second-order valence-corrected chi connectivity index (χ2v) is 9.08. The number of aromatic carboxylic acids is 1. The van der Waals surface area contributed by atoms with E-state index in [-0.39, 0.29) is 12.1 Å². The minimum atomic E-state index is -0.867. The van der Waals surface area contributed by atoms with Crippen molar-refractivity contribution in [2.24, 2.45) is 0 Å². The van der Waals surface area contributed by atoms with E-state index in [0.29, 0.717) is 11.6 Å². The summed E-state index contributed by atoms with van der Waals surface area (Å²) in [6, 6.07) is 0.561. The standard InChI is InChI=1S/C20H32N2O4S/c1-7-22(17-13(2)16(12-27-17)18(23)24)15-10-8-14(9-11-15)21(6)19(25)26-20(3,4)5/h12,14-15H,7-11H2,1-6H3,(H,23,24). The van der Waals surface area contributed by atoms with Crippen molar-refractivity contribution in [2.75, 3.05) is 18.5 Å². The Morgan fingerprint density at radius 3 is 2.22 bits per heavy atom. The molecule has 0 spiro atoms. The largest absolute Gasteiger partial charge is 0.478 e. The van der Waals surface area contributed by atoms with Crippen molar-refractivity contribution in [3.05, 3.63) is 16.5 Å². The third kappa shape index (κ3) is 5.15. The molecule has 6 nitrogen and oxygen atoms in total. The summed E-state index contributed by atoms with van der Waals surface area (Å²) in [5.41, 5.74) is 0.759. The van der Waals surface area contributed by atoms with Crippen LogP contribution in [0.2, 0.25) is 0 Å². The van der Waals surface area contributed by atoms with Crippen molar-refractivity contribution < 1.29 is 19.4 Å². The van der Waals surface area contributed by atoms with E-state index in [1.165, 1.54) is 11.3 Å². The van der Waals surface area contributed by atoms with Crippen LogP contribution in [-0.2, 0) is 4.74 Å². The molecule has 1 N–H and O–H groups in total. The Balaban J connectivity index is 2.01. The molecular formula is C20H32N2O4S. The molecule has 27 heavy (non-hydrogen) atoms. The van der Waals surface area contributed by atoms with Gasteiger partial charge in [-0.15, -0.1) is 11.3 Å². The van der Waals surface area contributed by atoms with Gasteiger partial charge in [-0.3, -0.25) is 0 Å². The number of carboxylic acid groups (broad SMARTS) is 1. The molecular weight excluding hydrogens is 364 g/mol. The van der Waals surface area contributed by atoms with Gasteiger partial charge in [-0.1, -0.05) is 0 Å². The highest BCUT2D eigenvalue weighted by Crippen LogP contribution is 2.36. The number of ether oxygens (including phenoxy) is 1. The maximum absolute atomic E-state index is 12.3. The molecule has 1 aliphatic carbocycles. The number of hydrogen-bond donors (Lipinski definition) is 1. The van der Waals surface area contributed by atoms with Gasteiger partial charge < -0.3 is 19.6 Å². The second-order valence-electron chi connectivity index (χ2n) is 8.22. The van der Waals surface area contributed by atoms with E-state index >= 15 is 0 Å².